The second kappa shape index (κ2) is 12.9. The number of hydrogen-bond donors (Lipinski definition) is 0. The number of alkyl halides is 1. The monoisotopic (exact) mass is 274 g/mol. The Labute approximate surface area is 117 Å². The normalized spacial score (nSPS) is 12.1. The van der Waals surface area contributed by atoms with Crippen molar-refractivity contribution in [3.05, 3.63) is 12.7 Å². The van der Waals surface area contributed by atoms with Gasteiger partial charge in [-0.25, -0.2) is 0 Å². The van der Waals surface area contributed by atoms with E-state index < -0.39 is 0 Å². The summed E-state index contributed by atoms with van der Waals surface area (Å²) in [7, 11) is 0. The molecule has 0 aliphatic carbocycles. The molecule has 0 aromatic carbocycles. The minimum Gasteiger partial charge on any atom is -0.465 e. The van der Waals surface area contributed by atoms with Crippen molar-refractivity contribution in [3.8, 4) is 0 Å². The molecule has 2 nitrogen and oxygen atoms in total. The Hall–Kier alpha value is -0.500. The SMILES string of the molecule is C=CCCCCCCCCCOC(=O)C(C)CCl. The third kappa shape index (κ3) is 10.6. The molecule has 0 radical (unpaired) electrons. The maximum Gasteiger partial charge on any atom is 0.309 e. The first kappa shape index (κ1) is 17.5. The van der Waals surface area contributed by atoms with Crippen LogP contribution in [0.4, 0.5) is 0 Å². The lowest BCUT2D eigenvalue weighted by atomic mass is 10.1. The van der Waals surface area contributed by atoms with Crippen LogP contribution in [0, 0.1) is 5.92 Å². The molecule has 0 aromatic rings. The van der Waals surface area contributed by atoms with Gasteiger partial charge in [-0.05, 0) is 19.3 Å². The molecule has 1 unspecified atom stereocenters. The summed E-state index contributed by atoms with van der Waals surface area (Å²) >= 11 is 5.57. The van der Waals surface area contributed by atoms with E-state index in [9.17, 15) is 4.79 Å². The molecule has 0 fully saturated rings. The molecular weight excluding hydrogens is 248 g/mol. The Morgan fingerprint density at radius 2 is 1.72 bits per heavy atom. The summed E-state index contributed by atoms with van der Waals surface area (Å²) in [4.78, 5) is 11.3. The van der Waals surface area contributed by atoms with Gasteiger partial charge in [0.15, 0.2) is 0 Å². The van der Waals surface area contributed by atoms with Crippen LogP contribution in [0.5, 0.6) is 0 Å². The van der Waals surface area contributed by atoms with E-state index in [0.29, 0.717) is 12.5 Å². The van der Waals surface area contributed by atoms with Gasteiger partial charge < -0.3 is 4.74 Å². The molecule has 0 heterocycles. The van der Waals surface area contributed by atoms with Gasteiger partial charge in [-0.15, -0.1) is 18.2 Å². The molecule has 0 N–H and O–H groups in total. The molecule has 3 heteroatoms. The predicted octanol–water partition coefficient (Wildman–Crippen LogP) is 4.71. The molecule has 1 atom stereocenters. The average Bonchev–Trinajstić information content (AvgIpc) is 2.39. The number of carbonyl (C=O) groups excluding carboxylic acids is 1. The fourth-order valence-corrected chi connectivity index (χ4v) is 1.78. The fourth-order valence-electron chi connectivity index (χ4n) is 1.65. The van der Waals surface area contributed by atoms with Gasteiger partial charge in [-0.1, -0.05) is 45.1 Å². The molecule has 0 bridgehead atoms. The predicted molar refractivity (Wildman–Crippen MR) is 78.0 cm³/mol. The van der Waals surface area contributed by atoms with E-state index in [4.69, 9.17) is 16.3 Å². The minimum absolute atomic E-state index is 0.172. The van der Waals surface area contributed by atoms with Gasteiger partial charge >= 0.3 is 5.97 Å². The highest BCUT2D eigenvalue weighted by Crippen LogP contribution is 2.09. The standard InChI is InChI=1S/C15H27ClO2/c1-3-4-5-6-7-8-9-10-11-12-18-15(17)14(2)13-16/h3,14H,1,4-13H2,2H3. The van der Waals surface area contributed by atoms with Crippen LogP contribution in [0.15, 0.2) is 12.7 Å². The molecular formula is C15H27ClO2. The summed E-state index contributed by atoms with van der Waals surface area (Å²) < 4.78 is 5.12. The third-order valence-corrected chi connectivity index (χ3v) is 3.39. The summed E-state index contributed by atoms with van der Waals surface area (Å²) in [6, 6.07) is 0. The zero-order valence-electron chi connectivity index (χ0n) is 11.6. The maximum atomic E-state index is 11.3. The third-order valence-electron chi connectivity index (χ3n) is 2.93. The van der Waals surface area contributed by atoms with Crippen molar-refractivity contribution in [1.29, 1.82) is 0 Å². The van der Waals surface area contributed by atoms with Crippen molar-refractivity contribution in [1.82, 2.24) is 0 Å². The first-order valence-corrected chi connectivity index (χ1v) is 7.59. The lowest BCUT2D eigenvalue weighted by Crippen LogP contribution is -2.16. The summed E-state index contributed by atoms with van der Waals surface area (Å²) in [5.74, 6) is -0.0188. The minimum atomic E-state index is -0.184. The number of halogens is 1. The van der Waals surface area contributed by atoms with Gasteiger partial charge in [-0.3, -0.25) is 4.79 Å². The molecule has 0 rings (SSSR count). The van der Waals surface area contributed by atoms with Crippen molar-refractivity contribution in [2.24, 2.45) is 5.92 Å². The number of carbonyl (C=O) groups is 1. The summed E-state index contributed by atoms with van der Waals surface area (Å²) in [5.41, 5.74) is 0. The van der Waals surface area contributed by atoms with E-state index in [-0.39, 0.29) is 11.9 Å². The number of unbranched alkanes of at least 4 members (excludes halogenated alkanes) is 7. The highest BCUT2D eigenvalue weighted by atomic mass is 35.5. The maximum absolute atomic E-state index is 11.3. The van der Waals surface area contributed by atoms with Crippen LogP contribution in [0.3, 0.4) is 0 Å². The first-order chi connectivity index (χ1) is 8.72. The molecule has 0 spiro atoms. The van der Waals surface area contributed by atoms with Crippen LogP contribution in [0.25, 0.3) is 0 Å². The second-order valence-electron chi connectivity index (χ2n) is 4.78. The number of allylic oxidation sites excluding steroid dienone is 1. The van der Waals surface area contributed by atoms with Crippen LogP contribution in [-0.4, -0.2) is 18.5 Å². The van der Waals surface area contributed by atoms with Crippen molar-refractivity contribution in [2.75, 3.05) is 12.5 Å². The van der Waals surface area contributed by atoms with Gasteiger partial charge in [0.2, 0.25) is 0 Å². The highest BCUT2D eigenvalue weighted by Gasteiger charge is 2.11. The molecule has 0 saturated carbocycles. The largest absolute Gasteiger partial charge is 0.465 e. The number of esters is 1. The molecule has 0 saturated heterocycles. The summed E-state index contributed by atoms with van der Waals surface area (Å²) in [5, 5.41) is 0. The van der Waals surface area contributed by atoms with Crippen molar-refractivity contribution < 1.29 is 9.53 Å². The van der Waals surface area contributed by atoms with Gasteiger partial charge in [0, 0.05) is 5.88 Å². The van der Waals surface area contributed by atoms with Gasteiger partial charge in [0.25, 0.3) is 0 Å². The van der Waals surface area contributed by atoms with E-state index in [1.807, 2.05) is 6.08 Å². The average molecular weight is 275 g/mol. The Bertz CT molecular complexity index is 217. The molecule has 0 aliphatic rings. The summed E-state index contributed by atoms with van der Waals surface area (Å²) in [6.45, 7) is 6.04. The zero-order chi connectivity index (χ0) is 13.6. The molecule has 0 aliphatic heterocycles. The molecule has 0 amide bonds. The Morgan fingerprint density at radius 1 is 1.17 bits per heavy atom. The smallest absolute Gasteiger partial charge is 0.309 e. The topological polar surface area (TPSA) is 26.3 Å². The van der Waals surface area contributed by atoms with E-state index in [0.717, 1.165) is 19.3 Å². The quantitative estimate of drug-likeness (QED) is 0.223. The number of rotatable bonds is 12. The zero-order valence-corrected chi connectivity index (χ0v) is 12.4. The van der Waals surface area contributed by atoms with Gasteiger partial charge in [0.1, 0.15) is 0 Å². The van der Waals surface area contributed by atoms with Gasteiger partial charge in [-0.2, -0.15) is 0 Å². The second-order valence-corrected chi connectivity index (χ2v) is 5.08. The van der Waals surface area contributed by atoms with Crippen molar-refractivity contribution >= 4 is 17.6 Å². The lowest BCUT2D eigenvalue weighted by molar-refractivity contribution is -0.147. The lowest BCUT2D eigenvalue weighted by Gasteiger charge is -2.08. The van der Waals surface area contributed by atoms with Crippen LogP contribution in [0.2, 0.25) is 0 Å². The van der Waals surface area contributed by atoms with Crippen molar-refractivity contribution in [3.63, 3.8) is 0 Å². The van der Waals surface area contributed by atoms with Crippen molar-refractivity contribution in [2.45, 2.75) is 58.3 Å². The first-order valence-electron chi connectivity index (χ1n) is 7.05. The van der Waals surface area contributed by atoms with E-state index in [1.54, 1.807) is 6.92 Å². The Kier molecular flexibility index (Phi) is 12.6. The Balaban J connectivity index is 3.16. The van der Waals surface area contributed by atoms with Crippen LogP contribution >= 0.6 is 11.6 Å². The van der Waals surface area contributed by atoms with E-state index in [1.165, 1.54) is 32.1 Å². The number of hydrogen-bond acceptors (Lipinski definition) is 2. The van der Waals surface area contributed by atoms with Gasteiger partial charge in [0.05, 0.1) is 12.5 Å². The van der Waals surface area contributed by atoms with E-state index in [2.05, 4.69) is 6.58 Å². The molecule has 18 heavy (non-hydrogen) atoms. The molecule has 106 valence electrons. The highest BCUT2D eigenvalue weighted by molar-refractivity contribution is 6.19. The Morgan fingerprint density at radius 3 is 2.28 bits per heavy atom. The molecule has 0 aromatic heterocycles. The number of ether oxygens (including phenoxy) is 1. The van der Waals surface area contributed by atoms with Crippen LogP contribution in [0.1, 0.15) is 58.3 Å². The van der Waals surface area contributed by atoms with Crippen LogP contribution in [-0.2, 0) is 9.53 Å². The van der Waals surface area contributed by atoms with E-state index >= 15 is 0 Å². The summed E-state index contributed by atoms with van der Waals surface area (Å²) in [6.07, 6.45) is 11.6. The fraction of sp³-hybridized carbons (Fsp3) is 0.800. The van der Waals surface area contributed by atoms with Crippen LogP contribution < -0.4 is 0 Å².